The maximum absolute atomic E-state index is 13.5. The summed E-state index contributed by atoms with van der Waals surface area (Å²) in [6.07, 6.45) is 0.975. The van der Waals surface area contributed by atoms with Crippen LogP contribution in [0.2, 0.25) is 0 Å². The first kappa shape index (κ1) is 22.7. The topological polar surface area (TPSA) is 127 Å². The van der Waals surface area contributed by atoms with Gasteiger partial charge in [-0.1, -0.05) is 6.07 Å². The number of anilines is 1. The standard InChI is InChI=1S/C22H24N2O8S/c1-29-18-8-12-7-16(23-19(12)21(31-3)20(18)30-2)22(26)24-10-13(11-32-33(4,27)28)15-6-5-14(25)9-17(15)24/h5-9,13,23,25H,10-11H2,1-4H3/t13-/m1/s1. The Kier molecular flexibility index (Phi) is 5.85. The largest absolute Gasteiger partial charge is 0.508 e. The van der Waals surface area contributed by atoms with Crippen LogP contribution >= 0.6 is 0 Å². The van der Waals surface area contributed by atoms with E-state index in [1.165, 1.54) is 38.4 Å². The number of nitrogens with one attached hydrogen (secondary N) is 1. The van der Waals surface area contributed by atoms with Crippen LogP contribution in [-0.2, 0) is 14.3 Å². The monoisotopic (exact) mass is 476 g/mol. The summed E-state index contributed by atoms with van der Waals surface area (Å²) in [5, 5.41) is 10.7. The average Bonchev–Trinajstić information content (AvgIpc) is 3.36. The van der Waals surface area contributed by atoms with Crippen LogP contribution in [-0.4, -0.2) is 65.2 Å². The van der Waals surface area contributed by atoms with Crippen molar-refractivity contribution in [1.29, 1.82) is 0 Å². The van der Waals surface area contributed by atoms with Crippen LogP contribution in [0, 0.1) is 0 Å². The van der Waals surface area contributed by atoms with Crippen LogP contribution in [0.15, 0.2) is 30.3 Å². The van der Waals surface area contributed by atoms with Crippen molar-refractivity contribution in [1.82, 2.24) is 4.98 Å². The quantitative estimate of drug-likeness (QED) is 0.498. The molecule has 1 aromatic heterocycles. The number of amides is 1. The molecule has 0 radical (unpaired) electrons. The second-order valence-electron chi connectivity index (χ2n) is 7.64. The van der Waals surface area contributed by atoms with Gasteiger partial charge < -0.3 is 29.2 Å². The Balaban J connectivity index is 1.74. The summed E-state index contributed by atoms with van der Waals surface area (Å²) in [5.41, 5.74) is 2.04. The average molecular weight is 477 g/mol. The first-order valence-corrected chi connectivity index (χ1v) is 11.8. The maximum Gasteiger partial charge on any atom is 0.274 e. The first-order chi connectivity index (χ1) is 15.7. The summed E-state index contributed by atoms with van der Waals surface area (Å²) < 4.78 is 44.2. The van der Waals surface area contributed by atoms with Crippen LogP contribution in [0.1, 0.15) is 22.0 Å². The molecule has 33 heavy (non-hydrogen) atoms. The molecule has 2 heterocycles. The lowest BCUT2D eigenvalue weighted by Crippen LogP contribution is -2.31. The van der Waals surface area contributed by atoms with E-state index in [1.807, 2.05) is 0 Å². The summed E-state index contributed by atoms with van der Waals surface area (Å²) in [4.78, 5) is 18.1. The van der Waals surface area contributed by atoms with Crippen molar-refractivity contribution in [2.24, 2.45) is 0 Å². The van der Waals surface area contributed by atoms with Gasteiger partial charge in [0.05, 0.1) is 45.4 Å². The van der Waals surface area contributed by atoms with E-state index >= 15 is 0 Å². The van der Waals surface area contributed by atoms with Gasteiger partial charge in [0.1, 0.15) is 11.4 Å². The van der Waals surface area contributed by atoms with E-state index in [4.69, 9.17) is 18.4 Å². The van der Waals surface area contributed by atoms with Crippen LogP contribution < -0.4 is 19.1 Å². The molecule has 2 N–H and O–H groups in total. The van der Waals surface area contributed by atoms with Crippen LogP contribution in [0.4, 0.5) is 5.69 Å². The molecule has 0 aliphatic carbocycles. The molecule has 0 saturated carbocycles. The molecule has 1 aliphatic heterocycles. The highest BCUT2D eigenvalue weighted by molar-refractivity contribution is 7.85. The lowest BCUT2D eigenvalue weighted by Gasteiger charge is -2.17. The Morgan fingerprint density at radius 3 is 2.48 bits per heavy atom. The number of methoxy groups -OCH3 is 3. The molecule has 3 aromatic rings. The fourth-order valence-electron chi connectivity index (χ4n) is 4.07. The van der Waals surface area contributed by atoms with Gasteiger partial charge in [-0.2, -0.15) is 8.42 Å². The summed E-state index contributed by atoms with van der Waals surface area (Å²) in [7, 11) is 0.846. The number of aromatic amines is 1. The van der Waals surface area contributed by atoms with Gasteiger partial charge in [-0.05, 0) is 23.8 Å². The van der Waals surface area contributed by atoms with Crippen molar-refractivity contribution in [3.63, 3.8) is 0 Å². The number of aromatic hydroxyl groups is 1. The van der Waals surface area contributed by atoms with Gasteiger partial charge in [0.25, 0.3) is 16.0 Å². The van der Waals surface area contributed by atoms with Gasteiger partial charge in [-0.3, -0.25) is 8.98 Å². The zero-order valence-electron chi connectivity index (χ0n) is 18.5. The molecule has 0 unspecified atom stereocenters. The van der Waals surface area contributed by atoms with E-state index < -0.39 is 10.1 Å². The zero-order valence-corrected chi connectivity index (χ0v) is 19.4. The Morgan fingerprint density at radius 1 is 1.12 bits per heavy atom. The molecule has 1 atom stereocenters. The fourth-order valence-corrected chi connectivity index (χ4v) is 4.48. The molecule has 10 nitrogen and oxygen atoms in total. The second kappa shape index (κ2) is 8.49. The van der Waals surface area contributed by atoms with Gasteiger partial charge in [0.2, 0.25) is 5.75 Å². The number of phenolic OH excluding ortho intramolecular Hbond substituents is 1. The smallest absolute Gasteiger partial charge is 0.274 e. The first-order valence-electron chi connectivity index (χ1n) is 9.97. The van der Waals surface area contributed by atoms with Crippen molar-refractivity contribution in [3.05, 3.63) is 41.6 Å². The number of carbonyl (C=O) groups excluding carboxylic acids is 1. The third kappa shape index (κ3) is 4.16. The minimum atomic E-state index is -3.65. The molecular formula is C22H24N2O8S. The van der Waals surface area contributed by atoms with E-state index in [0.29, 0.717) is 39.4 Å². The Hall–Kier alpha value is -3.44. The van der Waals surface area contributed by atoms with E-state index in [2.05, 4.69) is 4.98 Å². The Morgan fingerprint density at radius 2 is 1.85 bits per heavy atom. The molecule has 4 rings (SSSR count). The van der Waals surface area contributed by atoms with Crippen molar-refractivity contribution in [2.45, 2.75) is 5.92 Å². The summed E-state index contributed by atoms with van der Waals surface area (Å²) in [5.74, 6) is 0.490. The predicted octanol–water partition coefficient (Wildman–Crippen LogP) is 2.62. The molecule has 0 spiro atoms. The third-order valence-electron chi connectivity index (χ3n) is 5.53. The van der Waals surface area contributed by atoms with Crippen LogP contribution in [0.3, 0.4) is 0 Å². The highest BCUT2D eigenvalue weighted by atomic mass is 32.2. The summed E-state index contributed by atoms with van der Waals surface area (Å²) >= 11 is 0. The maximum atomic E-state index is 13.5. The lowest BCUT2D eigenvalue weighted by molar-refractivity contribution is 0.0983. The number of ether oxygens (including phenoxy) is 3. The van der Waals surface area contributed by atoms with E-state index in [0.717, 1.165) is 6.26 Å². The summed E-state index contributed by atoms with van der Waals surface area (Å²) in [6, 6.07) is 8.04. The molecule has 0 bridgehead atoms. The van der Waals surface area contributed by atoms with Crippen molar-refractivity contribution >= 4 is 32.6 Å². The fraction of sp³-hybridized carbons (Fsp3) is 0.318. The van der Waals surface area contributed by atoms with Crippen LogP contribution in [0.25, 0.3) is 10.9 Å². The number of aromatic nitrogens is 1. The Bertz CT molecular complexity index is 1330. The molecule has 0 saturated heterocycles. The van der Waals surface area contributed by atoms with Gasteiger partial charge in [-0.25, -0.2) is 0 Å². The van der Waals surface area contributed by atoms with E-state index in [1.54, 1.807) is 18.2 Å². The molecule has 1 aliphatic rings. The molecule has 2 aromatic carbocycles. The third-order valence-corrected chi connectivity index (χ3v) is 6.09. The van der Waals surface area contributed by atoms with Crippen LogP contribution in [0.5, 0.6) is 23.0 Å². The molecule has 1 amide bonds. The minimum Gasteiger partial charge on any atom is -0.508 e. The van der Waals surface area contributed by atoms with E-state index in [9.17, 15) is 18.3 Å². The van der Waals surface area contributed by atoms with Gasteiger partial charge in [0.15, 0.2) is 11.5 Å². The highest BCUT2D eigenvalue weighted by Gasteiger charge is 2.35. The number of carbonyl (C=O) groups is 1. The number of nitrogens with zero attached hydrogens (tertiary/aromatic N) is 1. The van der Waals surface area contributed by atoms with Gasteiger partial charge in [0, 0.05) is 23.9 Å². The van der Waals surface area contributed by atoms with Gasteiger partial charge >= 0.3 is 0 Å². The number of rotatable bonds is 7. The number of H-pyrrole nitrogens is 1. The molecular weight excluding hydrogens is 452 g/mol. The number of benzene rings is 2. The molecule has 176 valence electrons. The minimum absolute atomic E-state index is 0.0102. The van der Waals surface area contributed by atoms with E-state index in [-0.39, 0.29) is 36.4 Å². The second-order valence-corrected chi connectivity index (χ2v) is 9.28. The van der Waals surface area contributed by atoms with Gasteiger partial charge in [-0.15, -0.1) is 0 Å². The number of fused-ring (bicyclic) bond motifs is 2. The summed E-state index contributed by atoms with van der Waals surface area (Å²) in [6.45, 7) is 0.0710. The number of hydrogen-bond acceptors (Lipinski definition) is 8. The van der Waals surface area contributed by atoms with Crippen molar-refractivity contribution in [2.75, 3.05) is 45.6 Å². The Labute approximate surface area is 190 Å². The van der Waals surface area contributed by atoms with Crippen molar-refractivity contribution in [3.8, 4) is 23.0 Å². The molecule has 11 heteroatoms. The lowest BCUT2D eigenvalue weighted by atomic mass is 10.0. The molecule has 0 fully saturated rings. The predicted molar refractivity (Wildman–Crippen MR) is 121 cm³/mol. The normalized spacial score (nSPS) is 15.5. The number of hydrogen-bond donors (Lipinski definition) is 2. The number of phenols is 1. The highest BCUT2D eigenvalue weighted by Crippen LogP contribution is 2.44. The van der Waals surface area contributed by atoms with Crippen molar-refractivity contribution < 1.29 is 36.7 Å². The zero-order chi connectivity index (χ0) is 23.9. The SMILES string of the molecule is COc1cc2cc(C(=O)N3C[C@H](COS(C)(=O)=O)c4ccc(O)cc43)[nH]c2c(OC)c1OC.